The second-order valence-electron chi connectivity index (χ2n) is 21.3. The number of rotatable bonds is 54. The van der Waals surface area contributed by atoms with Gasteiger partial charge in [0.05, 0.1) is 39.9 Å². The normalized spacial score (nSPS) is 14.6. The van der Waals surface area contributed by atoms with E-state index in [0.29, 0.717) is 17.4 Å². The van der Waals surface area contributed by atoms with Crippen molar-refractivity contribution in [2.45, 2.75) is 264 Å². The molecule has 0 heterocycles. The van der Waals surface area contributed by atoms with Gasteiger partial charge >= 0.3 is 0 Å². The van der Waals surface area contributed by atoms with Crippen LogP contribution in [0.2, 0.25) is 0 Å². The fraction of sp³-hybridized carbons (Fsp3) is 0.734. The van der Waals surface area contributed by atoms with Gasteiger partial charge in [-0.15, -0.1) is 0 Å². The number of quaternary nitrogens is 1. The number of phosphoric ester groups is 1. The number of likely N-dealkylation sites (N-methyl/N-ethyl adjacent to an activating group) is 1. The van der Waals surface area contributed by atoms with Crippen LogP contribution >= 0.6 is 7.82 Å². The third-order valence-corrected chi connectivity index (χ3v) is 14.0. The Morgan fingerprint density at radius 2 is 0.849 bits per heavy atom. The highest BCUT2D eigenvalue weighted by atomic mass is 31.2. The molecule has 0 aromatic heterocycles. The Kier molecular flexibility index (Phi) is 52.3. The smallest absolute Gasteiger partial charge is 0.268 e. The van der Waals surface area contributed by atoms with Gasteiger partial charge in [-0.1, -0.05) is 259 Å². The quantitative estimate of drug-likeness (QED) is 0.0272. The molecule has 3 atom stereocenters. The number of carbonyl (C=O) groups is 1. The topological polar surface area (TPSA) is 108 Å². The maximum atomic E-state index is 13.0. The lowest BCUT2D eigenvalue weighted by Crippen LogP contribution is -2.45. The molecule has 0 radical (unpaired) electrons. The minimum atomic E-state index is -4.62. The number of amides is 1. The lowest BCUT2D eigenvalue weighted by Gasteiger charge is -2.29. The number of unbranched alkanes of at least 4 members (excludes halogenated alkanes) is 27. The van der Waals surface area contributed by atoms with Gasteiger partial charge in [0.1, 0.15) is 13.2 Å². The van der Waals surface area contributed by atoms with Crippen LogP contribution in [0.15, 0.2) is 97.2 Å². The second kappa shape index (κ2) is 54.2. The van der Waals surface area contributed by atoms with Crippen LogP contribution in [-0.4, -0.2) is 68.5 Å². The SMILES string of the molecule is CC/C=C\C/C=C\C/C=C\C/C=C\C/C=C\C/C=C\CCCCCCCCCCC(=O)NC(COP(=O)([O-])OCC[N+](C)(C)C)C(O)/C=C/CC/C=C/CCCCCCCCCCCCCCCCCCCC. The Morgan fingerprint density at radius 3 is 1.27 bits per heavy atom. The average Bonchev–Trinajstić information content (AvgIpc) is 3.35. The zero-order valence-electron chi connectivity index (χ0n) is 48.1. The Labute approximate surface area is 451 Å². The number of hydrogen-bond acceptors (Lipinski definition) is 6. The first-order chi connectivity index (χ1) is 35.5. The molecule has 0 aliphatic carbocycles. The van der Waals surface area contributed by atoms with Gasteiger partial charge in [0.15, 0.2) is 0 Å². The summed E-state index contributed by atoms with van der Waals surface area (Å²) >= 11 is 0. The molecule has 0 aliphatic rings. The summed E-state index contributed by atoms with van der Waals surface area (Å²) in [5.41, 5.74) is 0. The Hall–Kier alpha value is -2.58. The first kappa shape index (κ1) is 70.4. The van der Waals surface area contributed by atoms with Crippen molar-refractivity contribution in [1.29, 1.82) is 0 Å². The highest BCUT2D eigenvalue weighted by Gasteiger charge is 2.23. The van der Waals surface area contributed by atoms with Crippen molar-refractivity contribution in [3.05, 3.63) is 97.2 Å². The maximum absolute atomic E-state index is 13.0. The predicted octanol–water partition coefficient (Wildman–Crippen LogP) is 18.0. The molecule has 0 spiro atoms. The number of hydrogen-bond donors (Lipinski definition) is 2. The van der Waals surface area contributed by atoms with E-state index in [1.807, 2.05) is 27.2 Å². The van der Waals surface area contributed by atoms with Crippen molar-refractivity contribution in [3.8, 4) is 0 Å². The Bertz CT molecular complexity index is 1510. The molecule has 8 nitrogen and oxygen atoms in total. The van der Waals surface area contributed by atoms with Crippen molar-refractivity contribution in [1.82, 2.24) is 5.32 Å². The van der Waals surface area contributed by atoms with Crippen LogP contribution < -0.4 is 10.2 Å². The van der Waals surface area contributed by atoms with Gasteiger partial charge < -0.3 is 28.8 Å². The summed E-state index contributed by atoms with van der Waals surface area (Å²) in [7, 11) is 1.23. The van der Waals surface area contributed by atoms with Gasteiger partial charge in [0.25, 0.3) is 7.82 Å². The van der Waals surface area contributed by atoms with Gasteiger partial charge in [-0.05, 0) is 83.5 Å². The zero-order valence-corrected chi connectivity index (χ0v) is 49.0. The monoisotopic (exact) mass is 1040 g/mol. The van der Waals surface area contributed by atoms with Crippen molar-refractivity contribution in [3.63, 3.8) is 0 Å². The highest BCUT2D eigenvalue weighted by Crippen LogP contribution is 2.38. The van der Waals surface area contributed by atoms with E-state index in [0.717, 1.165) is 89.9 Å². The van der Waals surface area contributed by atoms with E-state index in [-0.39, 0.29) is 12.5 Å². The van der Waals surface area contributed by atoms with Gasteiger partial charge in [0.2, 0.25) is 5.91 Å². The lowest BCUT2D eigenvalue weighted by molar-refractivity contribution is -0.870. The first-order valence-electron chi connectivity index (χ1n) is 30.1. The molecule has 0 saturated carbocycles. The molecule has 422 valence electrons. The van der Waals surface area contributed by atoms with Gasteiger partial charge in [-0.2, -0.15) is 0 Å². The van der Waals surface area contributed by atoms with Crippen LogP contribution in [0.4, 0.5) is 0 Å². The van der Waals surface area contributed by atoms with E-state index in [9.17, 15) is 19.4 Å². The molecule has 9 heteroatoms. The van der Waals surface area contributed by atoms with Crippen molar-refractivity contribution >= 4 is 13.7 Å². The summed E-state index contributed by atoms with van der Waals surface area (Å²) in [5.74, 6) is -0.218. The molecule has 0 rings (SSSR count). The molecular weight excluding hydrogens is 924 g/mol. The number of allylic oxidation sites excluding steroid dienone is 15. The molecule has 0 aromatic rings. The van der Waals surface area contributed by atoms with E-state index < -0.39 is 26.6 Å². The molecule has 0 saturated heterocycles. The van der Waals surface area contributed by atoms with Crippen LogP contribution in [0.25, 0.3) is 0 Å². The summed E-state index contributed by atoms with van der Waals surface area (Å²) in [5, 5.41) is 13.9. The van der Waals surface area contributed by atoms with E-state index in [2.05, 4.69) is 104 Å². The van der Waals surface area contributed by atoms with Gasteiger partial charge in [-0.25, -0.2) is 0 Å². The Balaban J connectivity index is 4.28. The fourth-order valence-corrected chi connectivity index (χ4v) is 9.07. The van der Waals surface area contributed by atoms with Crippen molar-refractivity contribution in [2.75, 3.05) is 40.9 Å². The number of carbonyl (C=O) groups excluding carboxylic acids is 1. The van der Waals surface area contributed by atoms with Crippen LogP contribution in [0.1, 0.15) is 251 Å². The highest BCUT2D eigenvalue weighted by molar-refractivity contribution is 7.45. The van der Waals surface area contributed by atoms with Crippen LogP contribution in [0, 0.1) is 0 Å². The summed E-state index contributed by atoms with van der Waals surface area (Å²) in [6.45, 7) is 4.52. The van der Waals surface area contributed by atoms with Gasteiger partial charge in [-0.3, -0.25) is 9.36 Å². The fourth-order valence-electron chi connectivity index (χ4n) is 8.35. The minimum absolute atomic E-state index is 0.0128. The summed E-state index contributed by atoms with van der Waals surface area (Å²) < 4.78 is 23.4. The van der Waals surface area contributed by atoms with E-state index in [4.69, 9.17) is 9.05 Å². The second-order valence-corrected chi connectivity index (χ2v) is 22.7. The summed E-state index contributed by atoms with van der Waals surface area (Å²) in [4.78, 5) is 25.5. The molecule has 2 N–H and O–H groups in total. The largest absolute Gasteiger partial charge is 0.756 e. The van der Waals surface area contributed by atoms with Gasteiger partial charge in [0, 0.05) is 6.42 Å². The molecule has 0 fully saturated rings. The van der Waals surface area contributed by atoms with Crippen LogP contribution in [-0.2, 0) is 18.4 Å². The summed E-state index contributed by atoms with van der Waals surface area (Å²) in [6, 6.07) is -0.916. The molecule has 0 bridgehead atoms. The molecule has 1 amide bonds. The number of phosphoric acid groups is 1. The van der Waals surface area contributed by atoms with Crippen molar-refractivity contribution in [2.24, 2.45) is 0 Å². The van der Waals surface area contributed by atoms with Crippen LogP contribution in [0.5, 0.6) is 0 Å². The molecule has 73 heavy (non-hydrogen) atoms. The number of nitrogens with zero attached hydrogens (tertiary/aromatic N) is 1. The summed E-state index contributed by atoms with van der Waals surface area (Å²) in [6.07, 6.45) is 77.7. The van der Waals surface area contributed by atoms with Crippen molar-refractivity contribution < 1.29 is 32.9 Å². The lowest BCUT2D eigenvalue weighted by atomic mass is 10.0. The average molecular weight is 1040 g/mol. The first-order valence-corrected chi connectivity index (χ1v) is 31.6. The van der Waals surface area contributed by atoms with E-state index >= 15 is 0 Å². The third kappa shape index (κ3) is 57.0. The third-order valence-electron chi connectivity index (χ3n) is 13.0. The Morgan fingerprint density at radius 1 is 0.493 bits per heavy atom. The molecule has 3 unspecified atom stereocenters. The minimum Gasteiger partial charge on any atom is -0.756 e. The predicted molar refractivity (Wildman–Crippen MR) is 316 cm³/mol. The zero-order chi connectivity index (χ0) is 53.5. The molecule has 0 aliphatic heterocycles. The molecular formula is C64H115N2O6P. The van der Waals surface area contributed by atoms with Crippen LogP contribution in [0.3, 0.4) is 0 Å². The number of nitrogens with one attached hydrogen (secondary N) is 1. The standard InChI is InChI=1S/C64H115N2O6P/c1-6-8-10-12-14-16-18-20-22-24-26-28-30-32-33-34-36-38-40-42-44-46-48-50-52-54-56-58-64(68)65-62(61-72-73(69,70)71-60-59-66(3,4)5)63(67)57-55-53-51-49-47-45-43-41-39-37-35-31-29-27-25-23-21-19-17-15-13-11-9-7-2/h8,10,14,16,20,22,26,28,32-33,36,38,47,49,55,57,62-63,67H,6-7,9,11-13,15,17-19,21,23-25,27,29-31,34-35,37,39-46,48,50-54,56,58-61H2,1-5H3,(H-,65,68,69,70)/b10-8-,16-14-,22-20-,28-26-,33-32-,38-36-,49-47+,57-55+. The number of aliphatic hydroxyl groups excluding tert-OH is 1. The molecule has 0 aromatic carbocycles. The maximum Gasteiger partial charge on any atom is 0.268 e. The number of aliphatic hydroxyl groups is 1. The van der Waals surface area contributed by atoms with E-state index in [1.165, 1.54) is 141 Å². The van der Waals surface area contributed by atoms with E-state index in [1.54, 1.807) is 6.08 Å².